The Morgan fingerprint density at radius 1 is 1.25 bits per heavy atom. The van der Waals surface area contributed by atoms with Crippen molar-refractivity contribution in [1.82, 2.24) is 4.90 Å². The van der Waals surface area contributed by atoms with Gasteiger partial charge in [0.15, 0.2) is 0 Å². The van der Waals surface area contributed by atoms with Crippen LogP contribution in [0.1, 0.15) is 5.56 Å². The lowest BCUT2D eigenvalue weighted by molar-refractivity contribution is -0.120. The van der Waals surface area contributed by atoms with Crippen LogP contribution >= 0.6 is 0 Å². The van der Waals surface area contributed by atoms with Crippen LogP contribution in [0.4, 0.5) is 5.69 Å². The van der Waals surface area contributed by atoms with Crippen molar-refractivity contribution >= 4 is 11.6 Å². The Hall–Kier alpha value is -1.86. The molecule has 1 aliphatic heterocycles. The van der Waals surface area contributed by atoms with E-state index in [0.717, 1.165) is 12.2 Å². The van der Waals surface area contributed by atoms with Crippen molar-refractivity contribution in [1.29, 1.82) is 5.26 Å². The van der Waals surface area contributed by atoms with Gasteiger partial charge in [-0.25, -0.2) is 0 Å². The Morgan fingerprint density at radius 2 is 1.94 bits per heavy atom. The predicted octanol–water partition coefficient (Wildman–Crippen LogP) is 0.837. The van der Waals surface area contributed by atoms with Gasteiger partial charge in [0.2, 0.25) is 5.91 Å². The average Bonchev–Trinajstić information content (AvgIpc) is 2.29. The van der Waals surface area contributed by atoms with E-state index in [0.29, 0.717) is 18.7 Å². The molecular formula is C12H13N3O. The first kappa shape index (κ1) is 10.7. The van der Waals surface area contributed by atoms with Crippen molar-refractivity contribution in [2.45, 2.75) is 0 Å². The smallest absolute Gasteiger partial charge is 0.241 e. The van der Waals surface area contributed by atoms with Crippen LogP contribution in [0.5, 0.6) is 0 Å². The molecule has 82 valence electrons. The number of likely N-dealkylation sites (N-methyl/N-ethyl adjacent to an activating group) is 1. The standard InChI is InChI=1S/C12H13N3O/c1-14-6-7-15(12(16)9-14)11-4-2-10(8-13)3-5-11/h2-5H,6-7,9H2,1H3. The highest BCUT2D eigenvalue weighted by Gasteiger charge is 2.22. The molecule has 0 saturated carbocycles. The number of amides is 1. The summed E-state index contributed by atoms with van der Waals surface area (Å²) in [5, 5.41) is 8.69. The van der Waals surface area contributed by atoms with Gasteiger partial charge in [0.05, 0.1) is 18.2 Å². The van der Waals surface area contributed by atoms with Crippen LogP contribution in [0.25, 0.3) is 0 Å². The first-order valence-corrected chi connectivity index (χ1v) is 5.20. The highest BCUT2D eigenvalue weighted by atomic mass is 16.2. The fourth-order valence-electron chi connectivity index (χ4n) is 1.78. The van der Waals surface area contributed by atoms with E-state index in [-0.39, 0.29) is 5.91 Å². The van der Waals surface area contributed by atoms with Gasteiger partial charge in [-0.3, -0.25) is 9.69 Å². The summed E-state index contributed by atoms with van der Waals surface area (Å²) in [5.41, 5.74) is 1.49. The number of piperazine rings is 1. The second-order valence-corrected chi connectivity index (χ2v) is 3.94. The van der Waals surface area contributed by atoms with Crippen molar-refractivity contribution < 1.29 is 4.79 Å². The lowest BCUT2D eigenvalue weighted by Crippen LogP contribution is -2.48. The third-order valence-corrected chi connectivity index (χ3v) is 2.72. The summed E-state index contributed by atoms with van der Waals surface area (Å²) in [7, 11) is 1.94. The van der Waals surface area contributed by atoms with Crippen LogP contribution in [0.3, 0.4) is 0 Å². The van der Waals surface area contributed by atoms with E-state index in [1.807, 2.05) is 24.1 Å². The number of nitrogens with zero attached hydrogens (tertiary/aromatic N) is 3. The minimum Gasteiger partial charge on any atom is -0.310 e. The molecule has 1 heterocycles. The summed E-state index contributed by atoms with van der Waals surface area (Å²) in [4.78, 5) is 15.5. The highest BCUT2D eigenvalue weighted by molar-refractivity contribution is 5.95. The molecule has 0 bridgehead atoms. The van der Waals surface area contributed by atoms with E-state index in [9.17, 15) is 4.79 Å². The van der Waals surface area contributed by atoms with Gasteiger partial charge in [-0.15, -0.1) is 0 Å². The van der Waals surface area contributed by atoms with E-state index in [4.69, 9.17) is 5.26 Å². The van der Waals surface area contributed by atoms with Crippen LogP contribution in [-0.4, -0.2) is 37.5 Å². The largest absolute Gasteiger partial charge is 0.310 e. The van der Waals surface area contributed by atoms with Gasteiger partial charge in [-0.1, -0.05) is 0 Å². The molecule has 0 aliphatic carbocycles. The molecule has 0 N–H and O–H groups in total. The zero-order valence-electron chi connectivity index (χ0n) is 9.18. The van der Waals surface area contributed by atoms with Gasteiger partial charge in [0, 0.05) is 18.8 Å². The van der Waals surface area contributed by atoms with Crippen LogP contribution < -0.4 is 4.90 Å². The number of hydrogen-bond acceptors (Lipinski definition) is 3. The number of hydrogen-bond donors (Lipinski definition) is 0. The Balaban J connectivity index is 2.18. The molecule has 0 unspecified atom stereocenters. The van der Waals surface area contributed by atoms with Gasteiger partial charge < -0.3 is 4.90 Å². The molecule has 1 aliphatic rings. The van der Waals surface area contributed by atoms with Crippen LogP contribution in [0.2, 0.25) is 0 Å². The number of benzene rings is 1. The Labute approximate surface area is 94.7 Å². The summed E-state index contributed by atoms with van der Waals surface area (Å²) in [5.74, 6) is 0.110. The molecule has 1 saturated heterocycles. The van der Waals surface area contributed by atoms with Crippen LogP contribution in [-0.2, 0) is 4.79 Å². The monoisotopic (exact) mass is 215 g/mol. The number of anilines is 1. The maximum absolute atomic E-state index is 11.8. The van der Waals surface area contributed by atoms with E-state index in [1.165, 1.54) is 0 Å². The van der Waals surface area contributed by atoms with Gasteiger partial charge in [-0.05, 0) is 31.3 Å². The van der Waals surface area contributed by atoms with Gasteiger partial charge in [0.25, 0.3) is 0 Å². The number of carbonyl (C=O) groups is 1. The molecule has 4 heteroatoms. The van der Waals surface area contributed by atoms with Crippen molar-refractivity contribution in [2.75, 3.05) is 31.6 Å². The van der Waals surface area contributed by atoms with Gasteiger partial charge in [0.1, 0.15) is 0 Å². The molecule has 16 heavy (non-hydrogen) atoms. The minimum atomic E-state index is 0.110. The summed E-state index contributed by atoms with van der Waals surface area (Å²) in [6.07, 6.45) is 0. The summed E-state index contributed by atoms with van der Waals surface area (Å²) < 4.78 is 0. The molecule has 2 rings (SSSR count). The van der Waals surface area contributed by atoms with Gasteiger partial charge >= 0.3 is 0 Å². The van der Waals surface area contributed by atoms with Crippen LogP contribution in [0, 0.1) is 11.3 Å². The molecule has 0 atom stereocenters. The Morgan fingerprint density at radius 3 is 2.50 bits per heavy atom. The average molecular weight is 215 g/mol. The Bertz CT molecular complexity index is 433. The maximum Gasteiger partial charge on any atom is 0.241 e. The van der Waals surface area contributed by atoms with Crippen LogP contribution in [0.15, 0.2) is 24.3 Å². The van der Waals surface area contributed by atoms with E-state index < -0.39 is 0 Å². The fraction of sp³-hybridized carbons (Fsp3) is 0.333. The van der Waals surface area contributed by atoms with Crippen molar-refractivity contribution in [3.63, 3.8) is 0 Å². The molecule has 0 radical (unpaired) electrons. The molecule has 1 aromatic rings. The fourth-order valence-corrected chi connectivity index (χ4v) is 1.78. The van der Waals surface area contributed by atoms with Crippen molar-refractivity contribution in [3.05, 3.63) is 29.8 Å². The topological polar surface area (TPSA) is 47.3 Å². The molecule has 4 nitrogen and oxygen atoms in total. The zero-order chi connectivity index (χ0) is 11.5. The van der Waals surface area contributed by atoms with E-state index in [2.05, 4.69) is 6.07 Å². The SMILES string of the molecule is CN1CCN(c2ccc(C#N)cc2)C(=O)C1. The van der Waals surface area contributed by atoms with E-state index >= 15 is 0 Å². The van der Waals surface area contributed by atoms with Crippen molar-refractivity contribution in [3.8, 4) is 6.07 Å². The third-order valence-electron chi connectivity index (χ3n) is 2.72. The summed E-state index contributed by atoms with van der Waals surface area (Å²) >= 11 is 0. The first-order valence-electron chi connectivity index (χ1n) is 5.20. The van der Waals surface area contributed by atoms with Crippen molar-refractivity contribution in [2.24, 2.45) is 0 Å². The lowest BCUT2D eigenvalue weighted by atomic mass is 10.2. The van der Waals surface area contributed by atoms with Gasteiger partial charge in [-0.2, -0.15) is 5.26 Å². The number of nitriles is 1. The first-order chi connectivity index (χ1) is 7.70. The third kappa shape index (κ3) is 2.05. The molecule has 0 spiro atoms. The molecule has 1 fully saturated rings. The quantitative estimate of drug-likeness (QED) is 0.697. The second kappa shape index (κ2) is 4.33. The maximum atomic E-state index is 11.8. The normalized spacial score (nSPS) is 17.2. The highest BCUT2D eigenvalue weighted by Crippen LogP contribution is 2.17. The zero-order valence-corrected chi connectivity index (χ0v) is 9.18. The molecule has 0 aromatic heterocycles. The Kier molecular flexibility index (Phi) is 2.88. The number of carbonyl (C=O) groups excluding carboxylic acids is 1. The number of rotatable bonds is 1. The lowest BCUT2D eigenvalue weighted by Gasteiger charge is -2.32. The summed E-state index contributed by atoms with van der Waals surface area (Å²) in [6.45, 7) is 2.05. The predicted molar refractivity (Wildman–Crippen MR) is 61.0 cm³/mol. The molecule has 1 amide bonds. The van der Waals surface area contributed by atoms with E-state index in [1.54, 1.807) is 17.0 Å². The molecule has 1 aromatic carbocycles. The molecular weight excluding hydrogens is 202 g/mol. The second-order valence-electron chi connectivity index (χ2n) is 3.94. The minimum absolute atomic E-state index is 0.110. The summed E-state index contributed by atoms with van der Waals surface area (Å²) in [6, 6.07) is 9.18.